The first-order valence-corrected chi connectivity index (χ1v) is 8.85. The lowest BCUT2D eigenvalue weighted by molar-refractivity contribution is 0.0240. The lowest BCUT2D eigenvalue weighted by Crippen LogP contribution is -2.33. The third kappa shape index (κ3) is 4.28. The molecule has 3 rings (SSSR count). The zero-order chi connectivity index (χ0) is 18.7. The van der Waals surface area contributed by atoms with Crippen molar-refractivity contribution in [3.05, 3.63) is 47.0 Å². The Bertz CT molecular complexity index is 801. The van der Waals surface area contributed by atoms with Crippen molar-refractivity contribution >= 4 is 12.0 Å². The smallest absolute Gasteiger partial charge is 0.410 e. The van der Waals surface area contributed by atoms with E-state index in [2.05, 4.69) is 33.3 Å². The molecule has 1 amide bonds. The average molecular weight is 355 g/mol. The Morgan fingerprint density at radius 1 is 1.31 bits per heavy atom. The van der Waals surface area contributed by atoms with Gasteiger partial charge in [0, 0.05) is 30.2 Å². The second-order valence-corrected chi connectivity index (χ2v) is 7.32. The average Bonchev–Trinajstić information content (AvgIpc) is 3.02. The summed E-state index contributed by atoms with van der Waals surface area (Å²) < 4.78 is 5.43. The fraction of sp³-hybridized carbons (Fsp3) is 0.474. The third-order valence-electron chi connectivity index (χ3n) is 4.06. The van der Waals surface area contributed by atoms with Crippen LogP contribution in [0.4, 0.5) is 10.7 Å². The first-order valence-electron chi connectivity index (χ1n) is 8.85. The monoisotopic (exact) mass is 355 g/mol. The summed E-state index contributed by atoms with van der Waals surface area (Å²) in [5, 5.41) is 3.25. The van der Waals surface area contributed by atoms with Crippen molar-refractivity contribution in [3.8, 4) is 0 Å². The van der Waals surface area contributed by atoms with Crippen molar-refractivity contribution in [2.75, 3.05) is 5.32 Å². The number of ether oxygens (including phenoxy) is 1. The summed E-state index contributed by atoms with van der Waals surface area (Å²) in [5.41, 5.74) is 3.50. The van der Waals surface area contributed by atoms with Gasteiger partial charge in [-0.1, -0.05) is 13.0 Å². The Hall–Kier alpha value is -2.70. The molecule has 0 radical (unpaired) electrons. The van der Waals surface area contributed by atoms with Crippen LogP contribution in [-0.2, 0) is 30.8 Å². The van der Waals surface area contributed by atoms with E-state index in [1.807, 2.05) is 26.8 Å². The minimum atomic E-state index is -0.509. The number of fused-ring (bicyclic) bond motifs is 1. The van der Waals surface area contributed by atoms with E-state index in [9.17, 15) is 4.79 Å². The van der Waals surface area contributed by atoms with E-state index < -0.39 is 5.60 Å². The van der Waals surface area contributed by atoms with Crippen molar-refractivity contribution in [3.63, 3.8) is 0 Å². The summed E-state index contributed by atoms with van der Waals surface area (Å²) in [5.74, 6) is 0.556. The van der Waals surface area contributed by atoms with E-state index in [-0.39, 0.29) is 6.09 Å². The Labute approximate surface area is 153 Å². The molecule has 0 atom stereocenters. The van der Waals surface area contributed by atoms with Crippen LogP contribution in [0.5, 0.6) is 0 Å². The highest BCUT2D eigenvalue weighted by atomic mass is 16.6. The zero-order valence-corrected chi connectivity index (χ0v) is 15.7. The molecule has 1 N–H and O–H groups in total. The summed E-state index contributed by atoms with van der Waals surface area (Å²) >= 11 is 0. The number of pyridine rings is 1. The van der Waals surface area contributed by atoms with Crippen molar-refractivity contribution < 1.29 is 9.53 Å². The highest BCUT2D eigenvalue weighted by Crippen LogP contribution is 2.23. The molecule has 7 nitrogen and oxygen atoms in total. The lowest BCUT2D eigenvalue weighted by Gasteiger charge is -2.23. The molecule has 0 unspecified atom stereocenters. The molecule has 0 spiro atoms. The predicted octanol–water partition coefficient (Wildman–Crippen LogP) is 3.30. The molecule has 3 heterocycles. The number of amides is 1. The van der Waals surface area contributed by atoms with Gasteiger partial charge in [-0.2, -0.15) is 0 Å². The van der Waals surface area contributed by atoms with Crippen molar-refractivity contribution in [1.82, 2.24) is 19.9 Å². The first-order chi connectivity index (χ1) is 12.4. The zero-order valence-electron chi connectivity index (χ0n) is 15.7. The lowest BCUT2D eigenvalue weighted by atomic mass is 10.1. The van der Waals surface area contributed by atoms with Crippen LogP contribution in [0.25, 0.3) is 0 Å². The molecule has 0 aliphatic carbocycles. The molecular formula is C19H25N5O2. The van der Waals surface area contributed by atoms with Crippen LogP contribution < -0.4 is 5.32 Å². The van der Waals surface area contributed by atoms with E-state index >= 15 is 0 Å². The molecule has 1 aliphatic rings. The van der Waals surface area contributed by atoms with Gasteiger partial charge in [-0.3, -0.25) is 9.88 Å². The molecule has 138 valence electrons. The van der Waals surface area contributed by atoms with E-state index in [1.54, 1.807) is 17.3 Å². The second kappa shape index (κ2) is 7.27. The number of hydrogen-bond donors (Lipinski definition) is 1. The van der Waals surface area contributed by atoms with Gasteiger partial charge in [0.2, 0.25) is 5.95 Å². The molecular weight excluding hydrogens is 330 g/mol. The van der Waals surface area contributed by atoms with Crippen LogP contribution in [0.2, 0.25) is 0 Å². The van der Waals surface area contributed by atoms with Crippen molar-refractivity contribution in [2.24, 2.45) is 0 Å². The van der Waals surface area contributed by atoms with Crippen molar-refractivity contribution in [1.29, 1.82) is 0 Å². The van der Waals surface area contributed by atoms with Gasteiger partial charge in [0.25, 0.3) is 0 Å². The Kier molecular flexibility index (Phi) is 5.06. The second-order valence-electron chi connectivity index (χ2n) is 7.32. The summed E-state index contributed by atoms with van der Waals surface area (Å²) in [4.78, 5) is 27.2. The van der Waals surface area contributed by atoms with E-state index in [1.165, 1.54) is 0 Å². The predicted molar refractivity (Wildman–Crippen MR) is 98.5 cm³/mol. The van der Waals surface area contributed by atoms with E-state index in [4.69, 9.17) is 4.74 Å². The Morgan fingerprint density at radius 2 is 2.12 bits per heavy atom. The van der Waals surface area contributed by atoms with Gasteiger partial charge in [-0.15, -0.1) is 0 Å². The maximum Gasteiger partial charge on any atom is 0.410 e. The number of aromatic nitrogens is 3. The number of nitrogens with one attached hydrogen (secondary N) is 1. The standard InChI is InChI=1S/C19H25N5O2/c1-5-15-13(7-6-8-20-15)9-21-17-22-10-14-11-24(12-16(14)23-17)18(25)26-19(2,3)4/h6-8,10H,5,9,11-12H2,1-4H3,(H,21,22,23). The quantitative estimate of drug-likeness (QED) is 0.906. The maximum atomic E-state index is 12.2. The largest absolute Gasteiger partial charge is 0.444 e. The summed E-state index contributed by atoms with van der Waals surface area (Å²) in [6, 6.07) is 3.98. The number of aryl methyl sites for hydroxylation is 1. The van der Waals surface area contributed by atoms with Crippen molar-refractivity contribution in [2.45, 2.75) is 59.4 Å². The minimum Gasteiger partial charge on any atom is -0.444 e. The van der Waals surface area contributed by atoms with Crippen LogP contribution in [0, 0.1) is 0 Å². The number of anilines is 1. The maximum absolute atomic E-state index is 12.2. The van der Waals surface area contributed by atoms with Gasteiger partial charge < -0.3 is 10.1 Å². The molecule has 2 aromatic heterocycles. The molecule has 0 fully saturated rings. The third-order valence-corrected chi connectivity index (χ3v) is 4.06. The van der Waals surface area contributed by atoms with Gasteiger partial charge in [0.05, 0.1) is 18.8 Å². The molecule has 0 bridgehead atoms. The topological polar surface area (TPSA) is 80.2 Å². The summed E-state index contributed by atoms with van der Waals surface area (Å²) in [6.07, 6.45) is 4.14. The molecule has 0 saturated heterocycles. The fourth-order valence-corrected chi connectivity index (χ4v) is 2.82. The van der Waals surface area contributed by atoms with Gasteiger partial charge in [0.15, 0.2) is 0 Å². The highest BCUT2D eigenvalue weighted by molar-refractivity contribution is 5.69. The number of carbonyl (C=O) groups excluding carboxylic acids is 1. The molecule has 1 aliphatic heterocycles. The Morgan fingerprint density at radius 3 is 2.85 bits per heavy atom. The van der Waals surface area contributed by atoms with Crippen LogP contribution in [0.15, 0.2) is 24.5 Å². The summed E-state index contributed by atoms with van der Waals surface area (Å²) in [6.45, 7) is 9.20. The summed E-state index contributed by atoms with van der Waals surface area (Å²) in [7, 11) is 0. The SMILES string of the molecule is CCc1ncccc1CNc1ncc2c(n1)CN(C(=O)OC(C)(C)C)C2. The van der Waals surface area contributed by atoms with Crippen LogP contribution in [-0.4, -0.2) is 31.5 Å². The molecule has 7 heteroatoms. The molecule has 26 heavy (non-hydrogen) atoms. The van der Waals surface area contributed by atoms with E-state index in [0.717, 1.165) is 28.9 Å². The van der Waals surface area contributed by atoms with Crippen LogP contribution in [0.3, 0.4) is 0 Å². The molecule has 0 aromatic carbocycles. The fourth-order valence-electron chi connectivity index (χ4n) is 2.82. The first kappa shape index (κ1) is 18.1. The Balaban J connectivity index is 1.64. The minimum absolute atomic E-state index is 0.326. The van der Waals surface area contributed by atoms with Crippen LogP contribution >= 0.6 is 0 Å². The van der Waals surface area contributed by atoms with E-state index in [0.29, 0.717) is 25.6 Å². The highest BCUT2D eigenvalue weighted by Gasteiger charge is 2.29. The van der Waals surface area contributed by atoms with Gasteiger partial charge in [-0.05, 0) is 38.8 Å². The number of nitrogens with zero attached hydrogens (tertiary/aromatic N) is 4. The van der Waals surface area contributed by atoms with Gasteiger partial charge in [0.1, 0.15) is 5.60 Å². The van der Waals surface area contributed by atoms with Gasteiger partial charge >= 0.3 is 6.09 Å². The number of carbonyl (C=O) groups is 1. The normalized spacial score (nSPS) is 13.5. The molecule has 2 aromatic rings. The number of rotatable bonds is 4. The van der Waals surface area contributed by atoms with Gasteiger partial charge in [-0.25, -0.2) is 14.8 Å². The molecule has 0 saturated carbocycles. The number of hydrogen-bond acceptors (Lipinski definition) is 6. The van der Waals surface area contributed by atoms with Crippen LogP contribution in [0.1, 0.15) is 50.2 Å².